The third-order valence-corrected chi connectivity index (χ3v) is 5.57. The van der Waals surface area contributed by atoms with Gasteiger partial charge < -0.3 is 15.5 Å². The van der Waals surface area contributed by atoms with Crippen molar-refractivity contribution in [3.8, 4) is 11.3 Å². The molecule has 4 rings (SSSR count). The first-order valence-electron chi connectivity index (χ1n) is 11.1. The Labute approximate surface area is 187 Å². The van der Waals surface area contributed by atoms with Gasteiger partial charge in [-0.2, -0.15) is 0 Å². The topological polar surface area (TPSA) is 70.2 Å². The van der Waals surface area contributed by atoms with Gasteiger partial charge >= 0.3 is 0 Å². The molecule has 2 N–H and O–H groups in total. The number of halogens is 1. The second-order valence-corrected chi connectivity index (χ2v) is 7.96. The number of likely N-dealkylation sites (tertiary alicyclic amines) is 1. The minimum Gasteiger partial charge on any atom is -0.354 e. The molecule has 1 amide bonds. The number of hydrogen-bond donors (Lipinski definition) is 2. The summed E-state index contributed by atoms with van der Waals surface area (Å²) in [6.07, 6.45) is 4.85. The zero-order valence-electron chi connectivity index (χ0n) is 18.1. The Morgan fingerprint density at radius 2 is 1.88 bits per heavy atom. The van der Waals surface area contributed by atoms with Gasteiger partial charge in [-0.3, -0.25) is 4.79 Å². The highest BCUT2D eigenvalue weighted by Crippen LogP contribution is 2.19. The van der Waals surface area contributed by atoms with Gasteiger partial charge in [0.25, 0.3) is 5.91 Å². The van der Waals surface area contributed by atoms with Gasteiger partial charge in [0.2, 0.25) is 5.95 Å². The quantitative estimate of drug-likeness (QED) is 0.538. The molecule has 0 saturated carbocycles. The summed E-state index contributed by atoms with van der Waals surface area (Å²) in [5.74, 6) is 0.189. The predicted molar refractivity (Wildman–Crippen MR) is 124 cm³/mol. The number of rotatable bonds is 9. The van der Waals surface area contributed by atoms with Gasteiger partial charge in [0.15, 0.2) is 0 Å². The number of benzene rings is 2. The molecule has 1 aliphatic heterocycles. The van der Waals surface area contributed by atoms with Crippen molar-refractivity contribution in [2.75, 3.05) is 38.0 Å². The molecule has 1 aliphatic rings. The molecule has 1 aromatic heterocycles. The van der Waals surface area contributed by atoms with E-state index in [1.807, 2.05) is 36.4 Å². The Morgan fingerprint density at radius 3 is 2.72 bits per heavy atom. The number of amides is 1. The van der Waals surface area contributed by atoms with Crippen LogP contribution in [0.4, 0.5) is 10.3 Å². The molecule has 7 heteroatoms. The smallest absolute Gasteiger partial charge is 0.251 e. The molecule has 0 aliphatic carbocycles. The first kappa shape index (κ1) is 21.9. The second kappa shape index (κ2) is 10.8. The largest absolute Gasteiger partial charge is 0.354 e. The van der Waals surface area contributed by atoms with Crippen molar-refractivity contribution in [2.24, 2.45) is 0 Å². The summed E-state index contributed by atoms with van der Waals surface area (Å²) in [5.41, 5.74) is 3.12. The molecule has 1 fully saturated rings. The van der Waals surface area contributed by atoms with E-state index < -0.39 is 0 Å². The Morgan fingerprint density at radius 1 is 1.03 bits per heavy atom. The Balaban J connectivity index is 1.34. The van der Waals surface area contributed by atoms with Crippen molar-refractivity contribution < 1.29 is 9.18 Å². The molecule has 1 saturated heterocycles. The maximum absolute atomic E-state index is 13.3. The van der Waals surface area contributed by atoms with E-state index in [0.717, 1.165) is 36.5 Å². The Bertz CT molecular complexity index is 1050. The van der Waals surface area contributed by atoms with Crippen LogP contribution < -0.4 is 10.6 Å². The van der Waals surface area contributed by atoms with Gasteiger partial charge in [-0.1, -0.05) is 24.3 Å². The summed E-state index contributed by atoms with van der Waals surface area (Å²) in [6, 6.07) is 15.8. The van der Waals surface area contributed by atoms with E-state index in [4.69, 9.17) is 0 Å². The van der Waals surface area contributed by atoms with Crippen LogP contribution in [0, 0.1) is 5.82 Å². The number of carbonyl (C=O) groups is 1. The molecule has 32 heavy (non-hydrogen) atoms. The van der Waals surface area contributed by atoms with Crippen LogP contribution in [0.15, 0.2) is 60.8 Å². The number of hydrogen-bond acceptors (Lipinski definition) is 5. The van der Waals surface area contributed by atoms with Crippen molar-refractivity contribution in [3.63, 3.8) is 0 Å². The monoisotopic (exact) mass is 433 g/mol. The molecule has 2 heterocycles. The van der Waals surface area contributed by atoms with Gasteiger partial charge in [-0.25, -0.2) is 14.4 Å². The van der Waals surface area contributed by atoms with E-state index >= 15 is 0 Å². The van der Waals surface area contributed by atoms with Gasteiger partial charge in [-0.05, 0) is 68.2 Å². The van der Waals surface area contributed by atoms with Gasteiger partial charge in [0, 0.05) is 37.0 Å². The van der Waals surface area contributed by atoms with Crippen molar-refractivity contribution in [1.82, 2.24) is 20.2 Å². The number of anilines is 1. The summed E-state index contributed by atoms with van der Waals surface area (Å²) in [4.78, 5) is 23.8. The van der Waals surface area contributed by atoms with E-state index in [0.29, 0.717) is 31.0 Å². The molecule has 0 unspecified atom stereocenters. The number of carbonyl (C=O) groups excluding carboxylic acids is 1. The van der Waals surface area contributed by atoms with E-state index in [-0.39, 0.29) is 11.7 Å². The molecule has 0 radical (unpaired) electrons. The van der Waals surface area contributed by atoms with Crippen LogP contribution in [-0.2, 0) is 6.42 Å². The van der Waals surface area contributed by atoms with Gasteiger partial charge in [0.05, 0.1) is 5.69 Å². The maximum Gasteiger partial charge on any atom is 0.251 e. The van der Waals surface area contributed by atoms with Crippen molar-refractivity contribution in [1.29, 1.82) is 0 Å². The van der Waals surface area contributed by atoms with Crippen molar-refractivity contribution in [2.45, 2.75) is 19.3 Å². The van der Waals surface area contributed by atoms with Crippen molar-refractivity contribution in [3.05, 3.63) is 77.7 Å². The summed E-state index contributed by atoms with van der Waals surface area (Å²) >= 11 is 0. The zero-order valence-corrected chi connectivity index (χ0v) is 18.1. The summed E-state index contributed by atoms with van der Waals surface area (Å²) in [6.45, 7) is 4.37. The molecule has 166 valence electrons. The summed E-state index contributed by atoms with van der Waals surface area (Å²) in [5, 5.41) is 6.20. The molecule has 0 bridgehead atoms. The fraction of sp³-hybridized carbons (Fsp3) is 0.320. The van der Waals surface area contributed by atoms with Crippen LogP contribution in [0.1, 0.15) is 28.8 Å². The Hall–Kier alpha value is -3.32. The highest BCUT2D eigenvalue weighted by Gasteiger charge is 2.12. The van der Waals surface area contributed by atoms with Crippen LogP contribution in [-0.4, -0.2) is 53.5 Å². The second-order valence-electron chi connectivity index (χ2n) is 7.96. The summed E-state index contributed by atoms with van der Waals surface area (Å²) < 4.78 is 13.3. The number of nitrogens with zero attached hydrogens (tertiary/aromatic N) is 3. The minimum absolute atomic E-state index is 0.0754. The lowest BCUT2D eigenvalue weighted by Gasteiger charge is -2.14. The third-order valence-electron chi connectivity index (χ3n) is 5.57. The lowest BCUT2D eigenvalue weighted by molar-refractivity contribution is 0.0950. The zero-order chi connectivity index (χ0) is 22.2. The van der Waals surface area contributed by atoms with Crippen LogP contribution in [0.25, 0.3) is 11.3 Å². The standard InChI is InChI=1S/C25H28FN5O/c26-22-8-3-5-19(17-22)9-11-28-25-29-12-10-23(30-25)20-6-4-7-21(18-20)24(32)27-13-16-31-14-1-2-15-31/h3-8,10,12,17-18H,1-2,9,11,13-16H2,(H,27,32)(H,28,29,30). The SMILES string of the molecule is O=C(NCCN1CCCC1)c1cccc(-c2ccnc(NCCc3cccc(F)c3)n2)c1. The summed E-state index contributed by atoms with van der Waals surface area (Å²) in [7, 11) is 0. The Kier molecular flexibility index (Phi) is 7.40. The first-order valence-corrected chi connectivity index (χ1v) is 11.1. The molecular formula is C25H28FN5O. The number of nitrogens with one attached hydrogen (secondary N) is 2. The fourth-order valence-corrected chi connectivity index (χ4v) is 3.87. The highest BCUT2D eigenvalue weighted by molar-refractivity contribution is 5.95. The van der Waals surface area contributed by atoms with Crippen LogP contribution in [0.3, 0.4) is 0 Å². The van der Waals surface area contributed by atoms with E-state index in [2.05, 4.69) is 25.5 Å². The van der Waals surface area contributed by atoms with Crippen LogP contribution in [0.2, 0.25) is 0 Å². The molecule has 2 aromatic carbocycles. The lowest BCUT2D eigenvalue weighted by atomic mass is 10.1. The molecule has 3 aromatic rings. The van der Waals surface area contributed by atoms with E-state index in [1.54, 1.807) is 12.3 Å². The van der Waals surface area contributed by atoms with Crippen LogP contribution in [0.5, 0.6) is 0 Å². The average Bonchev–Trinajstić information content (AvgIpc) is 3.33. The van der Waals surface area contributed by atoms with Crippen molar-refractivity contribution >= 4 is 11.9 Å². The van der Waals surface area contributed by atoms with E-state index in [9.17, 15) is 9.18 Å². The predicted octanol–water partition coefficient (Wildman–Crippen LogP) is 3.76. The molecule has 6 nitrogen and oxygen atoms in total. The van der Waals surface area contributed by atoms with Gasteiger partial charge in [-0.15, -0.1) is 0 Å². The fourth-order valence-electron chi connectivity index (χ4n) is 3.87. The molecular weight excluding hydrogens is 405 g/mol. The molecule has 0 atom stereocenters. The lowest BCUT2D eigenvalue weighted by Crippen LogP contribution is -2.33. The third kappa shape index (κ3) is 6.11. The average molecular weight is 434 g/mol. The van der Waals surface area contributed by atoms with E-state index in [1.165, 1.54) is 25.0 Å². The highest BCUT2D eigenvalue weighted by atomic mass is 19.1. The molecule has 0 spiro atoms. The normalized spacial score (nSPS) is 13.8. The maximum atomic E-state index is 13.3. The van der Waals surface area contributed by atoms with Gasteiger partial charge in [0.1, 0.15) is 5.82 Å². The first-order chi connectivity index (χ1) is 15.7. The van der Waals surface area contributed by atoms with Crippen LogP contribution >= 0.6 is 0 Å². The number of aromatic nitrogens is 2. The minimum atomic E-state index is -0.235.